The number of benzene rings is 2. The molecule has 0 saturated carbocycles. The van der Waals surface area contributed by atoms with Crippen LogP contribution in [-0.4, -0.2) is 36.1 Å². The van der Waals surface area contributed by atoms with Crippen molar-refractivity contribution in [1.82, 2.24) is 15.3 Å². The molecule has 0 aliphatic carbocycles. The van der Waals surface area contributed by atoms with Crippen LogP contribution < -0.4 is 14.8 Å². The van der Waals surface area contributed by atoms with Crippen molar-refractivity contribution in [3.05, 3.63) is 59.7 Å². The second-order valence-electron chi connectivity index (χ2n) is 6.06. The van der Waals surface area contributed by atoms with Gasteiger partial charge in [0.2, 0.25) is 5.91 Å². The molecule has 0 unspecified atom stereocenters. The van der Waals surface area contributed by atoms with E-state index in [-0.39, 0.29) is 11.7 Å². The van der Waals surface area contributed by atoms with E-state index < -0.39 is 0 Å². The first-order valence-electron chi connectivity index (χ1n) is 9.00. The van der Waals surface area contributed by atoms with Crippen molar-refractivity contribution in [1.29, 1.82) is 0 Å². The molecule has 0 fully saturated rings. The van der Waals surface area contributed by atoms with Crippen molar-refractivity contribution in [3.63, 3.8) is 0 Å². The predicted molar refractivity (Wildman–Crippen MR) is 106 cm³/mol. The minimum Gasteiger partial charge on any atom is -0.493 e. The van der Waals surface area contributed by atoms with Crippen LogP contribution in [0.15, 0.2) is 42.5 Å². The van der Waals surface area contributed by atoms with Gasteiger partial charge in [-0.1, -0.05) is 6.07 Å². The number of carbonyl (C=O) groups is 1. The SMILES string of the molecule is CCOc1ccc(/C=C/C(=O)NCCc2nc3ccc(F)cc3[nH]2)cc1OC. The summed E-state index contributed by atoms with van der Waals surface area (Å²) < 4.78 is 24.0. The Bertz CT molecular complexity index is 998. The molecule has 1 aromatic heterocycles. The van der Waals surface area contributed by atoms with Crippen molar-refractivity contribution in [2.75, 3.05) is 20.3 Å². The molecule has 0 radical (unpaired) electrons. The molecule has 3 rings (SSSR count). The number of fused-ring (bicyclic) bond motifs is 1. The number of amides is 1. The van der Waals surface area contributed by atoms with Crippen molar-refractivity contribution in [2.45, 2.75) is 13.3 Å². The van der Waals surface area contributed by atoms with E-state index in [1.165, 1.54) is 18.2 Å². The van der Waals surface area contributed by atoms with Crippen LogP contribution in [-0.2, 0) is 11.2 Å². The van der Waals surface area contributed by atoms with Gasteiger partial charge in [-0.05, 0) is 48.9 Å². The molecule has 1 amide bonds. The zero-order valence-corrected chi connectivity index (χ0v) is 15.8. The van der Waals surface area contributed by atoms with Crippen LogP contribution in [0.3, 0.4) is 0 Å². The molecular weight excluding hydrogens is 361 g/mol. The fourth-order valence-corrected chi connectivity index (χ4v) is 2.75. The number of hydrogen-bond donors (Lipinski definition) is 2. The fourth-order valence-electron chi connectivity index (χ4n) is 2.75. The highest BCUT2D eigenvalue weighted by Crippen LogP contribution is 2.28. The maximum absolute atomic E-state index is 13.2. The molecule has 0 bridgehead atoms. The molecule has 0 saturated heterocycles. The fraction of sp³-hybridized carbons (Fsp3) is 0.238. The van der Waals surface area contributed by atoms with Gasteiger partial charge in [-0.2, -0.15) is 0 Å². The van der Waals surface area contributed by atoms with Gasteiger partial charge in [0.05, 0.1) is 24.8 Å². The van der Waals surface area contributed by atoms with Gasteiger partial charge < -0.3 is 19.8 Å². The minimum atomic E-state index is -0.313. The summed E-state index contributed by atoms with van der Waals surface area (Å²) in [4.78, 5) is 19.4. The molecule has 3 aromatic rings. The lowest BCUT2D eigenvalue weighted by molar-refractivity contribution is -0.116. The molecule has 2 aromatic carbocycles. The summed E-state index contributed by atoms with van der Waals surface area (Å²) in [6.07, 6.45) is 3.69. The largest absolute Gasteiger partial charge is 0.493 e. The van der Waals surface area contributed by atoms with Crippen molar-refractivity contribution in [3.8, 4) is 11.5 Å². The van der Waals surface area contributed by atoms with Crippen LogP contribution in [0.4, 0.5) is 4.39 Å². The van der Waals surface area contributed by atoms with Gasteiger partial charge in [-0.3, -0.25) is 4.79 Å². The highest BCUT2D eigenvalue weighted by atomic mass is 19.1. The molecule has 1 heterocycles. The number of imidazole rings is 1. The van der Waals surface area contributed by atoms with Crippen molar-refractivity contribution in [2.24, 2.45) is 0 Å². The number of ether oxygens (including phenoxy) is 2. The van der Waals surface area contributed by atoms with Gasteiger partial charge in [0.1, 0.15) is 11.6 Å². The Labute approximate surface area is 162 Å². The Kier molecular flexibility index (Phi) is 6.26. The normalized spacial score (nSPS) is 11.1. The van der Waals surface area contributed by atoms with E-state index in [0.717, 1.165) is 5.56 Å². The molecular formula is C21H22FN3O3. The first-order valence-corrected chi connectivity index (χ1v) is 9.00. The van der Waals surface area contributed by atoms with Crippen LogP contribution in [0.2, 0.25) is 0 Å². The average Bonchev–Trinajstić information content (AvgIpc) is 3.09. The molecule has 28 heavy (non-hydrogen) atoms. The zero-order valence-electron chi connectivity index (χ0n) is 15.8. The summed E-state index contributed by atoms with van der Waals surface area (Å²) >= 11 is 0. The lowest BCUT2D eigenvalue weighted by atomic mass is 10.2. The van der Waals surface area contributed by atoms with Gasteiger partial charge in [0, 0.05) is 19.0 Å². The number of methoxy groups -OCH3 is 1. The molecule has 0 atom stereocenters. The van der Waals surface area contributed by atoms with E-state index in [1.54, 1.807) is 19.3 Å². The number of nitrogens with one attached hydrogen (secondary N) is 2. The molecule has 0 spiro atoms. The van der Waals surface area contributed by atoms with Crippen molar-refractivity contribution >= 4 is 23.0 Å². The molecule has 146 valence electrons. The van der Waals surface area contributed by atoms with E-state index in [0.29, 0.717) is 47.9 Å². The van der Waals surface area contributed by atoms with Gasteiger partial charge in [0.25, 0.3) is 0 Å². The maximum Gasteiger partial charge on any atom is 0.244 e. The van der Waals surface area contributed by atoms with E-state index >= 15 is 0 Å². The number of hydrogen-bond acceptors (Lipinski definition) is 4. The Balaban J connectivity index is 1.53. The quantitative estimate of drug-likeness (QED) is 0.584. The summed E-state index contributed by atoms with van der Waals surface area (Å²) in [5.74, 6) is 1.45. The van der Waals surface area contributed by atoms with Gasteiger partial charge in [-0.25, -0.2) is 9.37 Å². The minimum absolute atomic E-state index is 0.213. The number of aromatic amines is 1. The van der Waals surface area contributed by atoms with E-state index in [9.17, 15) is 9.18 Å². The molecule has 0 aliphatic rings. The first-order chi connectivity index (χ1) is 13.6. The monoisotopic (exact) mass is 383 g/mol. The number of carbonyl (C=O) groups excluding carboxylic acids is 1. The van der Waals surface area contributed by atoms with Crippen molar-refractivity contribution < 1.29 is 18.7 Å². The second-order valence-corrected chi connectivity index (χ2v) is 6.06. The molecule has 0 aliphatic heterocycles. The number of aromatic nitrogens is 2. The molecule has 6 nitrogen and oxygen atoms in total. The number of halogens is 1. The zero-order chi connectivity index (χ0) is 19.9. The third-order valence-electron chi connectivity index (χ3n) is 4.07. The second kappa shape index (κ2) is 9.03. The Morgan fingerprint density at radius 1 is 1.25 bits per heavy atom. The van der Waals surface area contributed by atoms with E-state index in [4.69, 9.17) is 9.47 Å². The maximum atomic E-state index is 13.2. The third kappa shape index (κ3) is 4.88. The standard InChI is InChI=1S/C21H22FN3O3/c1-3-28-18-8-4-14(12-19(18)27-2)5-9-21(26)23-11-10-20-24-16-7-6-15(22)13-17(16)25-20/h4-9,12-13H,3,10-11H2,1-2H3,(H,23,26)(H,24,25)/b9-5+. The van der Waals surface area contributed by atoms with E-state index in [2.05, 4.69) is 15.3 Å². The van der Waals surface area contributed by atoms with Gasteiger partial charge in [-0.15, -0.1) is 0 Å². The molecule has 7 heteroatoms. The van der Waals surface area contributed by atoms with Gasteiger partial charge in [0.15, 0.2) is 11.5 Å². The predicted octanol–water partition coefficient (Wildman–Crippen LogP) is 3.48. The number of H-pyrrole nitrogens is 1. The Morgan fingerprint density at radius 3 is 2.89 bits per heavy atom. The third-order valence-corrected chi connectivity index (χ3v) is 4.07. The first kappa shape index (κ1) is 19.4. The highest BCUT2D eigenvalue weighted by Gasteiger charge is 2.06. The highest BCUT2D eigenvalue weighted by molar-refractivity contribution is 5.91. The van der Waals surface area contributed by atoms with Crippen LogP contribution in [0.25, 0.3) is 17.1 Å². The number of nitrogens with zero attached hydrogens (tertiary/aromatic N) is 1. The summed E-state index contributed by atoms with van der Waals surface area (Å²) in [5, 5.41) is 2.80. The van der Waals surface area contributed by atoms with Crippen LogP contribution >= 0.6 is 0 Å². The number of rotatable bonds is 8. The van der Waals surface area contributed by atoms with Crippen LogP contribution in [0.1, 0.15) is 18.3 Å². The van der Waals surface area contributed by atoms with Crippen LogP contribution in [0, 0.1) is 5.82 Å². The Morgan fingerprint density at radius 2 is 2.11 bits per heavy atom. The lowest BCUT2D eigenvalue weighted by Gasteiger charge is -2.09. The Hall–Kier alpha value is -3.35. The summed E-state index contributed by atoms with van der Waals surface area (Å²) in [6, 6.07) is 9.86. The lowest BCUT2D eigenvalue weighted by Crippen LogP contribution is -2.23. The molecule has 2 N–H and O–H groups in total. The van der Waals surface area contributed by atoms with E-state index in [1.807, 2.05) is 25.1 Å². The summed E-state index contributed by atoms with van der Waals surface area (Å²) in [6.45, 7) is 2.87. The average molecular weight is 383 g/mol. The van der Waals surface area contributed by atoms with Gasteiger partial charge >= 0.3 is 0 Å². The smallest absolute Gasteiger partial charge is 0.244 e. The summed E-state index contributed by atoms with van der Waals surface area (Å²) in [7, 11) is 1.57. The summed E-state index contributed by atoms with van der Waals surface area (Å²) in [5.41, 5.74) is 2.17. The van der Waals surface area contributed by atoms with Crippen LogP contribution in [0.5, 0.6) is 11.5 Å². The topological polar surface area (TPSA) is 76.2 Å².